The Kier molecular flexibility index (Phi) is 8.20. The van der Waals surface area contributed by atoms with Crippen LogP contribution < -0.4 is 9.80 Å². The molecule has 0 amide bonds. The second-order valence-electron chi connectivity index (χ2n) is 20.5. The quantitative estimate of drug-likeness (QED) is 0.158. The fourth-order valence-electron chi connectivity index (χ4n) is 13.0. The van der Waals surface area contributed by atoms with Crippen molar-refractivity contribution in [2.75, 3.05) is 9.80 Å². The summed E-state index contributed by atoms with van der Waals surface area (Å²) in [5, 5.41) is 10.0. The number of anilines is 6. The van der Waals surface area contributed by atoms with Crippen LogP contribution in [0.2, 0.25) is 0 Å². The first-order chi connectivity index (χ1) is 36.0. The third-order valence-electron chi connectivity index (χ3n) is 16.3. The van der Waals surface area contributed by atoms with Crippen molar-refractivity contribution >= 4 is 110 Å². The smallest absolute Gasteiger partial charge is 0.0622 e. The van der Waals surface area contributed by atoms with Crippen LogP contribution in [0.5, 0.6) is 0 Å². The lowest BCUT2D eigenvalue weighted by molar-refractivity contribution is 0.660. The lowest BCUT2D eigenvalue weighted by Crippen LogP contribution is -2.16. The van der Waals surface area contributed by atoms with E-state index in [0.29, 0.717) is 0 Å². The lowest BCUT2D eigenvalue weighted by Gasteiger charge is -2.30. The normalized spacial score (nSPS) is 13.2. The lowest BCUT2D eigenvalue weighted by atomic mass is 9.82. The third kappa shape index (κ3) is 5.61. The number of rotatable bonds is 7. The van der Waals surface area contributed by atoms with Gasteiger partial charge in [0.25, 0.3) is 0 Å². The van der Waals surface area contributed by atoms with Crippen molar-refractivity contribution in [3.8, 4) is 22.3 Å². The fraction of sp³-hybridized carbons (Fsp3) is 0.0435. The maximum Gasteiger partial charge on any atom is 0.0622 e. The van der Waals surface area contributed by atoms with Gasteiger partial charge in [0, 0.05) is 82.6 Å². The Morgan fingerprint density at radius 1 is 0.274 bits per heavy atom. The maximum absolute atomic E-state index is 2.50. The van der Waals surface area contributed by atoms with Crippen molar-refractivity contribution in [3.63, 3.8) is 0 Å². The van der Waals surface area contributed by atoms with Gasteiger partial charge in [-0.2, -0.15) is 0 Å². The number of hydrogen-bond donors (Lipinski definition) is 0. The molecule has 0 N–H and O–H groups in total. The van der Waals surface area contributed by atoms with Gasteiger partial charge in [-0.15, -0.1) is 0 Å². The van der Waals surface area contributed by atoms with Crippen LogP contribution in [-0.4, -0.2) is 8.80 Å². The second-order valence-corrected chi connectivity index (χ2v) is 20.5. The van der Waals surface area contributed by atoms with Crippen LogP contribution in [0.1, 0.15) is 25.0 Å². The molecular weight excluding hydrogens is 885 g/mol. The Morgan fingerprint density at radius 3 is 1.11 bits per heavy atom. The Labute approximate surface area is 422 Å². The highest BCUT2D eigenvalue weighted by Gasteiger charge is 2.36. The summed E-state index contributed by atoms with van der Waals surface area (Å²) in [7, 11) is 0. The van der Waals surface area contributed by atoms with E-state index in [1.807, 2.05) is 0 Å². The molecule has 0 unspecified atom stereocenters. The molecule has 73 heavy (non-hydrogen) atoms. The first-order valence-electron chi connectivity index (χ1n) is 25.4. The summed E-state index contributed by atoms with van der Waals surface area (Å²) in [5.74, 6) is 0. The molecule has 0 saturated carbocycles. The molecule has 0 aliphatic heterocycles. The van der Waals surface area contributed by atoms with Crippen LogP contribution in [0.3, 0.4) is 0 Å². The second kappa shape index (κ2) is 14.8. The van der Waals surface area contributed by atoms with Crippen LogP contribution >= 0.6 is 0 Å². The minimum absolute atomic E-state index is 0.141. The molecule has 11 aromatic carbocycles. The van der Waals surface area contributed by atoms with Crippen LogP contribution in [0, 0.1) is 0 Å². The summed E-state index contributed by atoms with van der Waals surface area (Å²) in [6.07, 6.45) is 0. The topological polar surface area (TPSA) is 15.3 Å². The molecule has 0 radical (unpaired) electrons. The van der Waals surface area contributed by atoms with Crippen molar-refractivity contribution in [1.82, 2.24) is 8.80 Å². The van der Waals surface area contributed by atoms with Crippen LogP contribution in [0.4, 0.5) is 34.1 Å². The SMILES string of the molecule is CC1(C)c2ccccc2-c2ccc(N(c3ccc(-c4ccccc4)cc3)c3ccc(N(c4cc5c6ccccc6n6c7ccccc7c(c4)c56)c4cc5c6ccccc6n6c7ccccc7c(c4)c56)cc3)cc21. The first-order valence-corrected chi connectivity index (χ1v) is 25.4. The molecule has 16 rings (SSSR count). The van der Waals surface area contributed by atoms with Gasteiger partial charge in [-0.1, -0.05) is 159 Å². The zero-order valence-corrected chi connectivity index (χ0v) is 40.4. The number of aromatic nitrogens is 2. The van der Waals surface area contributed by atoms with Gasteiger partial charge in [-0.25, -0.2) is 0 Å². The average molecular weight is 931 g/mol. The summed E-state index contributed by atoms with van der Waals surface area (Å²) < 4.78 is 4.94. The van der Waals surface area contributed by atoms with Crippen LogP contribution in [-0.2, 0) is 5.41 Å². The van der Waals surface area contributed by atoms with E-state index < -0.39 is 0 Å². The van der Waals surface area contributed by atoms with Crippen molar-refractivity contribution in [3.05, 3.63) is 254 Å². The van der Waals surface area contributed by atoms with Gasteiger partial charge in [0.05, 0.1) is 33.1 Å². The van der Waals surface area contributed by atoms with E-state index >= 15 is 0 Å². The molecule has 1 aliphatic carbocycles. The molecule has 4 heterocycles. The van der Waals surface area contributed by atoms with Gasteiger partial charge < -0.3 is 18.6 Å². The Bertz CT molecular complexity index is 4340. The minimum Gasteiger partial charge on any atom is -0.310 e. The Hall–Kier alpha value is -9.38. The maximum atomic E-state index is 2.50. The van der Waals surface area contributed by atoms with Crippen molar-refractivity contribution in [2.45, 2.75) is 19.3 Å². The van der Waals surface area contributed by atoms with E-state index in [4.69, 9.17) is 0 Å². The molecule has 0 atom stereocenters. The molecule has 0 fully saturated rings. The molecular formula is C69H46N4. The number of benzene rings is 11. The summed E-state index contributed by atoms with van der Waals surface area (Å²) >= 11 is 0. The first kappa shape index (κ1) is 40.4. The van der Waals surface area contributed by atoms with Gasteiger partial charge in [0.15, 0.2) is 0 Å². The van der Waals surface area contributed by atoms with Gasteiger partial charge >= 0.3 is 0 Å². The fourth-order valence-corrected chi connectivity index (χ4v) is 13.0. The monoisotopic (exact) mass is 930 g/mol. The van der Waals surface area contributed by atoms with Gasteiger partial charge in [0.1, 0.15) is 0 Å². The molecule has 15 aromatic rings. The molecule has 4 heteroatoms. The van der Waals surface area contributed by atoms with E-state index in [9.17, 15) is 0 Å². The summed E-state index contributed by atoms with van der Waals surface area (Å²) in [6.45, 7) is 4.73. The number of hydrogen-bond acceptors (Lipinski definition) is 2. The van der Waals surface area contributed by atoms with Crippen LogP contribution in [0.15, 0.2) is 243 Å². The molecule has 0 spiro atoms. The molecule has 1 aliphatic rings. The summed E-state index contributed by atoms with van der Waals surface area (Å²) in [5.41, 5.74) is 21.7. The zero-order valence-electron chi connectivity index (χ0n) is 40.4. The number of fused-ring (bicyclic) bond motifs is 15. The van der Waals surface area contributed by atoms with Gasteiger partial charge in [0.2, 0.25) is 0 Å². The third-order valence-corrected chi connectivity index (χ3v) is 16.3. The van der Waals surface area contributed by atoms with Gasteiger partial charge in [-0.05, 0) is 130 Å². The average Bonchev–Trinajstić information content (AvgIpc) is 4.22. The highest BCUT2D eigenvalue weighted by atomic mass is 15.2. The highest BCUT2D eigenvalue weighted by molar-refractivity contribution is 6.26. The predicted octanol–water partition coefficient (Wildman–Crippen LogP) is 18.9. The van der Waals surface area contributed by atoms with E-state index in [1.165, 1.54) is 110 Å². The van der Waals surface area contributed by atoms with E-state index in [2.05, 4.69) is 275 Å². The van der Waals surface area contributed by atoms with Crippen LogP contribution in [0.25, 0.3) is 98.4 Å². The summed E-state index contributed by atoms with van der Waals surface area (Å²) in [4.78, 5) is 4.93. The standard InChI is InChI=1S/C69H46N4/c1-69(2)61-23-11-6-18-51(61)52-37-36-48(42-62(52)69)70(45-30-28-44(29-31-45)43-16-4-3-5-17-43)46-32-34-47(35-33-46)71(49-38-57-53-19-7-12-24-63(53)72-64-25-13-8-20-54(64)58(39-49)67(57)72)50-40-59-55-21-9-14-26-65(55)73-66-27-15-10-22-56(66)60(41-50)68(59)73/h3-42H,1-2H3. The molecule has 0 bridgehead atoms. The molecule has 4 aromatic heterocycles. The number of nitrogens with zero attached hydrogens (tertiary/aromatic N) is 4. The molecule has 0 saturated heterocycles. The number of para-hydroxylation sites is 4. The zero-order chi connectivity index (χ0) is 48.1. The van der Waals surface area contributed by atoms with E-state index in [-0.39, 0.29) is 5.41 Å². The minimum atomic E-state index is -0.141. The Balaban J connectivity index is 0.926. The molecule has 342 valence electrons. The highest BCUT2D eigenvalue weighted by Crippen LogP contribution is 2.52. The largest absolute Gasteiger partial charge is 0.310 e. The van der Waals surface area contributed by atoms with Crippen molar-refractivity contribution in [1.29, 1.82) is 0 Å². The van der Waals surface area contributed by atoms with E-state index in [1.54, 1.807) is 0 Å². The van der Waals surface area contributed by atoms with Crippen molar-refractivity contribution < 1.29 is 0 Å². The molecule has 4 nitrogen and oxygen atoms in total. The van der Waals surface area contributed by atoms with E-state index in [0.717, 1.165) is 34.1 Å². The van der Waals surface area contributed by atoms with Gasteiger partial charge in [-0.3, -0.25) is 0 Å². The van der Waals surface area contributed by atoms with Crippen molar-refractivity contribution in [2.24, 2.45) is 0 Å². The summed E-state index contributed by atoms with van der Waals surface area (Å²) in [6, 6.07) is 90.3. The predicted molar refractivity (Wildman–Crippen MR) is 308 cm³/mol. The Morgan fingerprint density at radius 2 is 0.630 bits per heavy atom.